The number of carbonyl (C=O) groups excluding carboxylic acids is 2. The fourth-order valence-corrected chi connectivity index (χ4v) is 7.34. The Morgan fingerprint density at radius 2 is 1.67 bits per heavy atom. The fourth-order valence-electron chi connectivity index (χ4n) is 5.40. The number of methoxy groups -OCH3 is 1. The summed E-state index contributed by atoms with van der Waals surface area (Å²) in [5.41, 5.74) is 2.26. The highest BCUT2D eigenvalue weighted by molar-refractivity contribution is 9.10. The Morgan fingerprint density at radius 1 is 0.923 bits per heavy atom. The number of nitrogens with zero attached hydrogens (tertiary/aromatic N) is 2. The zero-order valence-corrected chi connectivity index (χ0v) is 32.8. The summed E-state index contributed by atoms with van der Waals surface area (Å²) in [4.78, 5) is 44.6. The predicted molar refractivity (Wildman–Crippen MR) is 202 cm³/mol. The maximum absolute atomic E-state index is 14.3. The summed E-state index contributed by atoms with van der Waals surface area (Å²) in [6.45, 7) is 7.74. The number of halogens is 3. The Bertz CT molecular complexity index is 2220. The van der Waals surface area contributed by atoms with E-state index >= 15 is 0 Å². The van der Waals surface area contributed by atoms with E-state index in [1.807, 2.05) is 19.1 Å². The number of aromatic nitrogens is 1. The molecule has 0 unspecified atom stereocenters. The molecular formula is C37H35BrCl2N2O9S. The van der Waals surface area contributed by atoms with Crippen molar-refractivity contribution >= 4 is 68.5 Å². The molecule has 1 aromatic heterocycles. The van der Waals surface area contributed by atoms with Crippen LogP contribution in [0.1, 0.15) is 50.4 Å². The molecule has 0 fully saturated rings. The fraction of sp³-hybridized carbons (Fsp3) is 0.297. The van der Waals surface area contributed by atoms with E-state index in [1.165, 1.54) is 23.0 Å². The summed E-state index contributed by atoms with van der Waals surface area (Å²) in [5.74, 6) is 0.388. The third-order valence-corrected chi connectivity index (χ3v) is 9.98. The van der Waals surface area contributed by atoms with E-state index in [-0.39, 0.29) is 31.0 Å². The summed E-state index contributed by atoms with van der Waals surface area (Å²) < 4.78 is 36.1. The first-order chi connectivity index (χ1) is 25.0. The molecule has 0 saturated carbocycles. The van der Waals surface area contributed by atoms with Crippen molar-refractivity contribution in [3.63, 3.8) is 0 Å². The monoisotopic (exact) mass is 832 g/mol. The van der Waals surface area contributed by atoms with Gasteiger partial charge in [0.25, 0.3) is 5.56 Å². The van der Waals surface area contributed by atoms with E-state index in [1.54, 1.807) is 63.2 Å². The van der Waals surface area contributed by atoms with Crippen molar-refractivity contribution in [1.29, 1.82) is 0 Å². The molecule has 0 radical (unpaired) electrons. The molecule has 15 heteroatoms. The summed E-state index contributed by atoms with van der Waals surface area (Å²) in [6, 6.07) is 13.0. The van der Waals surface area contributed by atoms with Crippen LogP contribution in [0.25, 0.3) is 6.08 Å². The van der Waals surface area contributed by atoms with E-state index < -0.39 is 18.0 Å². The van der Waals surface area contributed by atoms with Crippen LogP contribution in [-0.4, -0.2) is 50.0 Å². The topological polar surface area (TPSA) is 124 Å². The number of hydrogen-bond donors (Lipinski definition) is 0. The van der Waals surface area contributed by atoms with Crippen molar-refractivity contribution in [2.24, 2.45) is 4.99 Å². The van der Waals surface area contributed by atoms with Crippen LogP contribution in [0.5, 0.6) is 23.0 Å². The molecule has 5 rings (SSSR count). The first-order valence-corrected chi connectivity index (χ1v) is 18.5. The summed E-state index contributed by atoms with van der Waals surface area (Å²) in [5, 5.41) is 0.872. The second-order valence-electron chi connectivity index (χ2n) is 11.1. The first-order valence-electron chi connectivity index (χ1n) is 16.2. The van der Waals surface area contributed by atoms with Crippen LogP contribution in [0.15, 0.2) is 74.1 Å². The smallest absolute Gasteiger partial charge is 0.343 e. The van der Waals surface area contributed by atoms with Crippen LogP contribution in [-0.2, 0) is 25.7 Å². The van der Waals surface area contributed by atoms with Crippen LogP contribution in [0.2, 0.25) is 10.0 Å². The Hall–Kier alpha value is -4.30. The number of thiazole rings is 1. The van der Waals surface area contributed by atoms with Crippen molar-refractivity contribution in [1.82, 2.24) is 4.57 Å². The van der Waals surface area contributed by atoms with Crippen molar-refractivity contribution in [3.05, 3.63) is 111 Å². The molecule has 1 aliphatic rings. The zero-order valence-electron chi connectivity index (χ0n) is 28.9. The molecule has 52 heavy (non-hydrogen) atoms. The lowest BCUT2D eigenvalue weighted by Crippen LogP contribution is -2.40. The molecular weight excluding hydrogens is 799 g/mol. The Balaban J connectivity index is 1.59. The number of benzene rings is 3. The van der Waals surface area contributed by atoms with Gasteiger partial charge in [0.1, 0.15) is 6.61 Å². The molecule has 0 bridgehead atoms. The lowest BCUT2D eigenvalue weighted by Gasteiger charge is -2.25. The Morgan fingerprint density at radius 3 is 2.37 bits per heavy atom. The van der Waals surface area contributed by atoms with E-state index in [2.05, 4.69) is 20.9 Å². The largest absolute Gasteiger partial charge is 0.490 e. The summed E-state index contributed by atoms with van der Waals surface area (Å²) in [6.07, 6.45) is 1.73. The lowest BCUT2D eigenvalue weighted by molar-refractivity contribution is -0.143. The van der Waals surface area contributed by atoms with Crippen LogP contribution in [0, 0.1) is 0 Å². The zero-order chi connectivity index (χ0) is 37.5. The average Bonchev–Trinajstić information content (AvgIpc) is 3.41. The number of ether oxygens (including phenoxy) is 6. The first kappa shape index (κ1) is 38.9. The van der Waals surface area contributed by atoms with Gasteiger partial charge in [0.2, 0.25) is 0 Å². The number of esters is 2. The van der Waals surface area contributed by atoms with E-state index in [0.29, 0.717) is 76.9 Å². The minimum absolute atomic E-state index is 0.126. The van der Waals surface area contributed by atoms with Crippen LogP contribution >= 0.6 is 50.5 Å². The van der Waals surface area contributed by atoms with Gasteiger partial charge in [-0.3, -0.25) is 9.36 Å². The van der Waals surface area contributed by atoms with Crippen molar-refractivity contribution in [2.45, 2.75) is 40.3 Å². The predicted octanol–water partition coefficient (Wildman–Crippen LogP) is 6.80. The van der Waals surface area contributed by atoms with Gasteiger partial charge in [0, 0.05) is 0 Å². The quantitative estimate of drug-likeness (QED) is 0.126. The summed E-state index contributed by atoms with van der Waals surface area (Å²) >= 11 is 17.1. The third kappa shape index (κ3) is 8.66. The SMILES string of the molecule is CCOC(=O)C1=C(C)N=c2s/c(=C/c3cc(Br)c(OCc4ccc(Cl)c(Cl)c4)c(OCC)c3)c(=O)n2[C@H]1c1ccc(OCC(=O)OC)c(OCC)c1. The number of allylic oxidation sites excluding steroid dienone is 1. The van der Waals surface area contributed by atoms with E-state index in [4.69, 9.17) is 51.6 Å². The molecule has 1 atom stereocenters. The maximum Gasteiger partial charge on any atom is 0.343 e. The van der Waals surface area contributed by atoms with Gasteiger partial charge in [-0.2, -0.15) is 0 Å². The minimum atomic E-state index is -0.908. The van der Waals surface area contributed by atoms with Gasteiger partial charge in [0.05, 0.1) is 63.3 Å². The highest BCUT2D eigenvalue weighted by Gasteiger charge is 2.34. The van der Waals surface area contributed by atoms with E-state index in [9.17, 15) is 14.4 Å². The molecule has 0 saturated heterocycles. The highest BCUT2D eigenvalue weighted by Crippen LogP contribution is 2.39. The Labute approximate surface area is 322 Å². The highest BCUT2D eigenvalue weighted by atomic mass is 79.9. The van der Waals surface area contributed by atoms with Crippen LogP contribution in [0.3, 0.4) is 0 Å². The molecule has 4 aromatic rings. The van der Waals surface area contributed by atoms with Crippen LogP contribution in [0.4, 0.5) is 0 Å². The van der Waals surface area contributed by atoms with Gasteiger partial charge in [-0.1, -0.05) is 46.7 Å². The molecule has 0 N–H and O–H groups in total. The molecule has 2 heterocycles. The number of fused-ring (bicyclic) bond motifs is 1. The van der Waals surface area contributed by atoms with Gasteiger partial charge in [-0.05, 0) is 103 Å². The standard InChI is InChI=1S/C37H35BrCl2N2O9S/c1-6-47-28-17-23(10-12-27(28)50-19-31(43)46-5)33-32(36(45)49-8-3)20(4)41-37-42(33)35(44)30(52-37)16-22-13-24(38)34(29(15-22)48-7-2)51-18-21-9-11-25(39)26(40)14-21/h9-17,33H,6-8,18-19H2,1-5H3/b30-16+/t33-/m0/s1. The third-order valence-electron chi connectivity index (χ3n) is 7.67. The Kier molecular flexibility index (Phi) is 13.1. The number of rotatable bonds is 14. The molecule has 0 amide bonds. The molecule has 0 aliphatic carbocycles. The second-order valence-corrected chi connectivity index (χ2v) is 13.8. The van der Waals surface area contributed by atoms with E-state index in [0.717, 1.165) is 5.56 Å². The normalized spacial score (nSPS) is 14.0. The second kappa shape index (κ2) is 17.5. The van der Waals surface area contributed by atoms with Crippen LogP contribution < -0.4 is 33.8 Å². The molecule has 3 aromatic carbocycles. The van der Waals surface area contributed by atoms with Crippen molar-refractivity contribution in [3.8, 4) is 23.0 Å². The van der Waals surface area contributed by atoms with Crippen molar-refractivity contribution < 1.29 is 38.0 Å². The van der Waals surface area contributed by atoms with Gasteiger partial charge >= 0.3 is 11.9 Å². The maximum atomic E-state index is 14.3. The number of hydrogen-bond acceptors (Lipinski definition) is 11. The lowest BCUT2D eigenvalue weighted by atomic mass is 9.95. The molecule has 274 valence electrons. The number of carbonyl (C=O) groups is 2. The molecule has 0 spiro atoms. The molecule has 1 aliphatic heterocycles. The average molecular weight is 835 g/mol. The van der Waals surface area contributed by atoms with Gasteiger partial charge in [-0.15, -0.1) is 0 Å². The molecule has 11 nitrogen and oxygen atoms in total. The van der Waals surface area contributed by atoms with Gasteiger partial charge in [0.15, 0.2) is 34.4 Å². The van der Waals surface area contributed by atoms with Crippen molar-refractivity contribution in [2.75, 3.05) is 33.5 Å². The van der Waals surface area contributed by atoms with Gasteiger partial charge < -0.3 is 28.4 Å². The van der Waals surface area contributed by atoms with Gasteiger partial charge in [-0.25, -0.2) is 14.6 Å². The minimum Gasteiger partial charge on any atom is -0.490 e. The summed E-state index contributed by atoms with van der Waals surface area (Å²) in [7, 11) is 1.27.